The largest absolute Gasteiger partial charge is 0.485 e. The van der Waals surface area contributed by atoms with Gasteiger partial charge in [-0.25, -0.2) is 8.42 Å². The Labute approximate surface area is 223 Å². The van der Waals surface area contributed by atoms with Crippen LogP contribution in [0.15, 0.2) is 107 Å². The molecular weight excluding hydrogens is 528 g/mol. The maximum Gasteiger partial charge on any atom is 0.295 e. The number of halogens is 1. The maximum absolute atomic E-state index is 12.9. The van der Waals surface area contributed by atoms with E-state index in [-0.39, 0.29) is 22.4 Å². The molecule has 5 rings (SSSR count). The van der Waals surface area contributed by atoms with Crippen molar-refractivity contribution in [3.63, 3.8) is 0 Å². The Kier molecular flexibility index (Phi) is 6.99. The SMILES string of the molecule is O=[N+]([O-])c1cc(S(=O)(=O)Nc2ccc(Cl)cc2)ccc1N/N=C1/CC(c2ccccc2)Oc2ccccc21. The Bertz CT molecular complexity index is 1630. The van der Waals surface area contributed by atoms with Gasteiger partial charge in [0.25, 0.3) is 15.7 Å². The van der Waals surface area contributed by atoms with Crippen molar-refractivity contribution in [3.05, 3.63) is 123 Å². The molecule has 4 aromatic carbocycles. The zero-order chi connectivity index (χ0) is 26.7. The predicted molar refractivity (Wildman–Crippen MR) is 146 cm³/mol. The van der Waals surface area contributed by atoms with E-state index in [9.17, 15) is 18.5 Å². The molecule has 0 aromatic heterocycles. The van der Waals surface area contributed by atoms with Crippen molar-refractivity contribution in [2.24, 2.45) is 5.10 Å². The minimum atomic E-state index is -4.09. The van der Waals surface area contributed by atoms with E-state index in [1.54, 1.807) is 0 Å². The van der Waals surface area contributed by atoms with Crippen LogP contribution in [-0.2, 0) is 10.0 Å². The van der Waals surface area contributed by atoms with Crippen LogP contribution in [0.2, 0.25) is 5.02 Å². The molecule has 0 radical (unpaired) electrons. The minimum absolute atomic E-state index is 0.0492. The van der Waals surface area contributed by atoms with Crippen molar-refractivity contribution < 1.29 is 18.1 Å². The summed E-state index contributed by atoms with van der Waals surface area (Å²) >= 11 is 5.85. The predicted octanol–water partition coefficient (Wildman–Crippen LogP) is 6.39. The summed E-state index contributed by atoms with van der Waals surface area (Å²) in [5.74, 6) is 0.650. The van der Waals surface area contributed by atoms with Crippen LogP contribution >= 0.6 is 11.6 Å². The lowest BCUT2D eigenvalue weighted by Crippen LogP contribution is -2.22. The first-order valence-corrected chi connectivity index (χ1v) is 13.4. The minimum Gasteiger partial charge on any atom is -0.485 e. The normalized spacial score (nSPS) is 15.8. The molecule has 38 heavy (non-hydrogen) atoms. The van der Waals surface area contributed by atoms with E-state index < -0.39 is 20.6 Å². The first kappa shape index (κ1) is 25.2. The summed E-state index contributed by atoms with van der Waals surface area (Å²) in [6, 6.07) is 26.8. The first-order chi connectivity index (χ1) is 18.3. The standard InChI is InChI=1S/C27H21ClN4O5S/c28-19-10-12-20(13-11-19)31-38(35,36)21-14-15-23(25(16-21)32(33)34)29-30-24-17-27(18-6-2-1-3-7-18)37-26-9-5-4-8-22(24)26/h1-16,27,29,31H,17H2/b30-24-. The average molecular weight is 549 g/mol. The molecule has 0 saturated carbocycles. The summed E-state index contributed by atoms with van der Waals surface area (Å²) < 4.78 is 34.3. The topological polar surface area (TPSA) is 123 Å². The van der Waals surface area contributed by atoms with Gasteiger partial charge in [-0.3, -0.25) is 20.3 Å². The van der Waals surface area contributed by atoms with Gasteiger partial charge in [0.2, 0.25) is 0 Å². The van der Waals surface area contributed by atoms with Crippen molar-refractivity contribution in [1.29, 1.82) is 0 Å². The van der Waals surface area contributed by atoms with Crippen molar-refractivity contribution >= 4 is 44.4 Å². The number of nitro benzene ring substituents is 1. The second kappa shape index (κ2) is 10.5. The summed E-state index contributed by atoms with van der Waals surface area (Å²) in [5, 5.41) is 16.8. The molecule has 1 atom stereocenters. The molecule has 1 aliphatic rings. The molecule has 192 valence electrons. The molecular formula is C27H21ClN4O5S. The highest BCUT2D eigenvalue weighted by Crippen LogP contribution is 2.36. The number of sulfonamides is 1. The highest BCUT2D eigenvalue weighted by Gasteiger charge is 2.27. The Morgan fingerprint density at radius 3 is 2.39 bits per heavy atom. The Morgan fingerprint density at radius 1 is 0.947 bits per heavy atom. The number of ether oxygens (including phenoxy) is 1. The highest BCUT2D eigenvalue weighted by atomic mass is 35.5. The summed E-state index contributed by atoms with van der Waals surface area (Å²) in [4.78, 5) is 10.9. The first-order valence-electron chi connectivity index (χ1n) is 11.5. The quantitative estimate of drug-likeness (QED) is 0.204. The second-order valence-electron chi connectivity index (χ2n) is 8.44. The van der Waals surface area contributed by atoms with Gasteiger partial charge in [-0.15, -0.1) is 0 Å². The van der Waals surface area contributed by atoms with Gasteiger partial charge in [0.05, 0.1) is 15.5 Å². The Hall–Kier alpha value is -4.41. The average Bonchev–Trinajstić information content (AvgIpc) is 2.93. The Morgan fingerprint density at radius 2 is 1.66 bits per heavy atom. The lowest BCUT2D eigenvalue weighted by Gasteiger charge is -2.27. The maximum atomic E-state index is 12.9. The number of benzene rings is 4. The van der Waals surface area contributed by atoms with Gasteiger partial charge in [0.15, 0.2) is 0 Å². The molecule has 0 saturated heterocycles. The van der Waals surface area contributed by atoms with Gasteiger partial charge in [0.1, 0.15) is 17.5 Å². The van der Waals surface area contributed by atoms with E-state index >= 15 is 0 Å². The monoisotopic (exact) mass is 548 g/mol. The number of rotatable bonds is 7. The fourth-order valence-corrected chi connectivity index (χ4v) is 5.24. The van der Waals surface area contributed by atoms with Crippen LogP contribution in [0.3, 0.4) is 0 Å². The van der Waals surface area contributed by atoms with Gasteiger partial charge in [-0.2, -0.15) is 5.10 Å². The zero-order valence-electron chi connectivity index (χ0n) is 19.7. The van der Waals surface area contributed by atoms with Crippen molar-refractivity contribution in [3.8, 4) is 5.75 Å². The molecule has 0 fully saturated rings. The van der Waals surface area contributed by atoms with E-state index in [2.05, 4.69) is 15.2 Å². The third kappa shape index (κ3) is 5.46. The van der Waals surface area contributed by atoms with Crippen molar-refractivity contribution in [2.75, 3.05) is 10.1 Å². The van der Waals surface area contributed by atoms with Crippen LogP contribution in [0.1, 0.15) is 23.7 Å². The lowest BCUT2D eigenvalue weighted by atomic mass is 9.96. The van der Waals surface area contributed by atoms with E-state index in [1.807, 2.05) is 54.6 Å². The van der Waals surface area contributed by atoms with Gasteiger partial charge < -0.3 is 4.74 Å². The molecule has 1 aliphatic heterocycles. The van der Waals surface area contributed by atoms with Crippen molar-refractivity contribution in [1.82, 2.24) is 0 Å². The second-order valence-corrected chi connectivity index (χ2v) is 10.6. The third-order valence-corrected chi connectivity index (χ3v) is 7.53. The molecule has 11 heteroatoms. The van der Waals surface area contributed by atoms with Crippen LogP contribution in [0.5, 0.6) is 5.75 Å². The number of anilines is 2. The van der Waals surface area contributed by atoms with E-state index in [4.69, 9.17) is 16.3 Å². The van der Waals surface area contributed by atoms with Crippen LogP contribution < -0.4 is 14.9 Å². The molecule has 0 amide bonds. The number of nitro groups is 1. The number of hydrogen-bond donors (Lipinski definition) is 2. The number of fused-ring (bicyclic) bond motifs is 1. The van der Waals surface area contributed by atoms with Gasteiger partial charge >= 0.3 is 0 Å². The van der Waals surface area contributed by atoms with Gasteiger partial charge in [0, 0.05) is 28.8 Å². The zero-order valence-corrected chi connectivity index (χ0v) is 21.3. The smallest absolute Gasteiger partial charge is 0.295 e. The molecule has 4 aromatic rings. The summed E-state index contributed by atoms with van der Waals surface area (Å²) in [6.07, 6.45) is 0.146. The number of hydrazone groups is 1. The summed E-state index contributed by atoms with van der Waals surface area (Å²) in [5.41, 5.74) is 5.05. The molecule has 0 bridgehead atoms. The van der Waals surface area contributed by atoms with Gasteiger partial charge in [-0.1, -0.05) is 54.1 Å². The third-order valence-electron chi connectivity index (χ3n) is 5.90. The van der Waals surface area contributed by atoms with E-state index in [0.29, 0.717) is 22.9 Å². The summed E-state index contributed by atoms with van der Waals surface area (Å²) in [6.45, 7) is 0. The van der Waals surface area contributed by atoms with Gasteiger partial charge in [-0.05, 0) is 54.1 Å². The lowest BCUT2D eigenvalue weighted by molar-refractivity contribution is -0.384. The molecule has 0 spiro atoms. The number of para-hydroxylation sites is 1. The number of nitrogens with one attached hydrogen (secondary N) is 2. The van der Waals surface area contributed by atoms with Crippen molar-refractivity contribution in [2.45, 2.75) is 17.4 Å². The number of hydrogen-bond acceptors (Lipinski definition) is 7. The van der Waals surface area contributed by atoms with Crippen LogP contribution in [0.25, 0.3) is 0 Å². The molecule has 9 nitrogen and oxygen atoms in total. The summed E-state index contributed by atoms with van der Waals surface area (Å²) in [7, 11) is -4.09. The van der Waals surface area contributed by atoms with Crippen LogP contribution in [0, 0.1) is 10.1 Å². The highest BCUT2D eigenvalue weighted by molar-refractivity contribution is 7.92. The van der Waals surface area contributed by atoms with E-state index in [0.717, 1.165) is 17.2 Å². The molecule has 2 N–H and O–H groups in total. The fourth-order valence-electron chi connectivity index (χ4n) is 4.03. The van der Waals surface area contributed by atoms with Crippen LogP contribution in [0.4, 0.5) is 17.1 Å². The molecule has 0 aliphatic carbocycles. The van der Waals surface area contributed by atoms with Crippen LogP contribution in [-0.4, -0.2) is 19.1 Å². The molecule has 1 unspecified atom stereocenters. The Balaban J connectivity index is 1.44. The fraction of sp³-hybridized carbons (Fsp3) is 0.0741. The molecule has 1 heterocycles. The number of nitrogens with zero attached hydrogens (tertiary/aromatic N) is 2. The van der Waals surface area contributed by atoms with E-state index in [1.165, 1.54) is 36.4 Å².